The van der Waals surface area contributed by atoms with Gasteiger partial charge in [-0.3, -0.25) is 15.6 Å². The van der Waals surface area contributed by atoms with E-state index in [0.717, 1.165) is 16.3 Å². The van der Waals surface area contributed by atoms with Crippen molar-refractivity contribution in [2.75, 3.05) is 0 Å². The number of carbonyl (C=O) groups excluding carboxylic acids is 1. The van der Waals surface area contributed by atoms with Gasteiger partial charge < -0.3 is 10.1 Å². The average molecular weight is 379 g/mol. The van der Waals surface area contributed by atoms with Crippen molar-refractivity contribution in [3.8, 4) is 5.75 Å². The van der Waals surface area contributed by atoms with E-state index in [1.807, 2.05) is 72.8 Å². The summed E-state index contributed by atoms with van der Waals surface area (Å²) in [7, 11) is 0. The van der Waals surface area contributed by atoms with Crippen LogP contribution in [0.15, 0.2) is 72.8 Å². The third-order valence-corrected chi connectivity index (χ3v) is 4.24. The molecule has 0 aromatic heterocycles. The zero-order valence-corrected chi connectivity index (χ0v) is 15.8. The van der Waals surface area contributed by atoms with Gasteiger partial charge in [-0.15, -0.1) is 0 Å². The molecule has 27 heavy (non-hydrogen) atoms. The second-order valence-electron chi connectivity index (χ2n) is 6.05. The van der Waals surface area contributed by atoms with Crippen LogP contribution in [-0.2, 0) is 11.3 Å². The predicted molar refractivity (Wildman–Crippen MR) is 111 cm³/mol. The van der Waals surface area contributed by atoms with Crippen LogP contribution in [0.1, 0.15) is 12.5 Å². The number of amides is 1. The molecule has 0 heterocycles. The quantitative estimate of drug-likeness (QED) is 0.469. The lowest BCUT2D eigenvalue weighted by Crippen LogP contribution is -2.50. The Balaban J connectivity index is 1.46. The van der Waals surface area contributed by atoms with Crippen molar-refractivity contribution >= 4 is 34.0 Å². The topological polar surface area (TPSA) is 62.4 Å². The van der Waals surface area contributed by atoms with E-state index in [0.29, 0.717) is 17.4 Å². The molecule has 0 aliphatic rings. The lowest BCUT2D eigenvalue weighted by molar-refractivity contribution is -0.127. The maximum atomic E-state index is 12.2. The van der Waals surface area contributed by atoms with Crippen molar-refractivity contribution < 1.29 is 9.53 Å². The van der Waals surface area contributed by atoms with Gasteiger partial charge in [0.25, 0.3) is 5.91 Å². The summed E-state index contributed by atoms with van der Waals surface area (Å²) in [6.07, 6.45) is -0.671. The number of carbonyl (C=O) groups is 1. The van der Waals surface area contributed by atoms with E-state index in [2.05, 4.69) is 16.2 Å². The highest BCUT2D eigenvalue weighted by Crippen LogP contribution is 2.21. The Hall–Kier alpha value is -3.12. The summed E-state index contributed by atoms with van der Waals surface area (Å²) < 4.78 is 5.73. The maximum Gasteiger partial charge on any atom is 0.279 e. The van der Waals surface area contributed by atoms with E-state index in [1.54, 1.807) is 6.92 Å². The monoisotopic (exact) mass is 379 g/mol. The molecule has 1 amide bonds. The molecule has 3 aromatic carbocycles. The number of nitrogens with one attached hydrogen (secondary N) is 3. The van der Waals surface area contributed by atoms with Gasteiger partial charge in [-0.2, -0.15) is 0 Å². The highest BCUT2D eigenvalue weighted by atomic mass is 32.1. The molecule has 138 valence electrons. The first-order valence-corrected chi connectivity index (χ1v) is 9.06. The van der Waals surface area contributed by atoms with Gasteiger partial charge in [-0.1, -0.05) is 60.7 Å². The van der Waals surface area contributed by atoms with Gasteiger partial charge in [-0.25, -0.2) is 0 Å². The number of hydrogen-bond acceptors (Lipinski definition) is 3. The van der Waals surface area contributed by atoms with Gasteiger partial charge >= 0.3 is 0 Å². The van der Waals surface area contributed by atoms with Crippen LogP contribution in [0.5, 0.6) is 5.75 Å². The van der Waals surface area contributed by atoms with Gasteiger partial charge in [0.05, 0.1) is 0 Å². The van der Waals surface area contributed by atoms with Crippen LogP contribution in [0.2, 0.25) is 0 Å². The van der Waals surface area contributed by atoms with Crippen LogP contribution < -0.4 is 20.9 Å². The molecule has 0 saturated heterocycles. The van der Waals surface area contributed by atoms with Crippen molar-refractivity contribution in [1.29, 1.82) is 0 Å². The zero-order valence-electron chi connectivity index (χ0n) is 14.9. The van der Waals surface area contributed by atoms with Gasteiger partial charge in [0.15, 0.2) is 11.2 Å². The minimum Gasteiger partial charge on any atom is -0.481 e. The summed E-state index contributed by atoms with van der Waals surface area (Å²) in [5, 5.41) is 5.55. The molecule has 1 atom stereocenters. The standard InChI is InChI=1S/C21H21N3O2S/c1-15(26-19-12-11-17-9-5-6-10-18(17)13-19)20(25)23-24-21(27)22-14-16-7-3-2-4-8-16/h2-13,15H,14H2,1H3,(H,23,25)(H2,22,24,27)/t15-/m1/s1. The Labute approximate surface area is 163 Å². The number of hydrazine groups is 1. The molecule has 3 N–H and O–H groups in total. The Bertz CT molecular complexity index is 931. The molecule has 0 saturated carbocycles. The average Bonchev–Trinajstić information content (AvgIpc) is 2.71. The Morgan fingerprint density at radius 3 is 2.44 bits per heavy atom. The minimum absolute atomic E-state index is 0.313. The summed E-state index contributed by atoms with van der Waals surface area (Å²) in [6.45, 7) is 2.26. The first-order valence-electron chi connectivity index (χ1n) is 8.65. The fraction of sp³-hybridized carbons (Fsp3) is 0.143. The lowest BCUT2D eigenvalue weighted by Gasteiger charge is -2.17. The summed E-state index contributed by atoms with van der Waals surface area (Å²) in [5.41, 5.74) is 6.35. The van der Waals surface area contributed by atoms with Gasteiger partial charge in [-0.05, 0) is 47.6 Å². The molecule has 3 rings (SSSR count). The number of thiocarbonyl (C=S) groups is 1. The molecule has 0 aliphatic carbocycles. The van der Waals surface area contributed by atoms with E-state index < -0.39 is 6.10 Å². The smallest absolute Gasteiger partial charge is 0.279 e. The molecule has 0 unspecified atom stereocenters. The van der Waals surface area contributed by atoms with Gasteiger partial charge in [0, 0.05) is 6.54 Å². The van der Waals surface area contributed by atoms with Crippen LogP contribution in [0.25, 0.3) is 10.8 Å². The van der Waals surface area contributed by atoms with Gasteiger partial charge in [0.1, 0.15) is 5.75 Å². The van der Waals surface area contributed by atoms with E-state index in [1.165, 1.54) is 0 Å². The maximum absolute atomic E-state index is 12.2. The van der Waals surface area contributed by atoms with Crippen LogP contribution in [-0.4, -0.2) is 17.1 Å². The predicted octanol–water partition coefficient (Wildman–Crippen LogP) is 3.30. The van der Waals surface area contributed by atoms with Gasteiger partial charge in [0.2, 0.25) is 0 Å². The Morgan fingerprint density at radius 2 is 1.67 bits per heavy atom. The molecule has 0 fully saturated rings. The van der Waals surface area contributed by atoms with Crippen molar-refractivity contribution in [3.05, 3.63) is 78.4 Å². The number of rotatable bonds is 5. The molecule has 3 aromatic rings. The van der Waals surface area contributed by atoms with E-state index in [9.17, 15) is 4.79 Å². The van der Waals surface area contributed by atoms with E-state index >= 15 is 0 Å². The van der Waals surface area contributed by atoms with Crippen molar-refractivity contribution in [2.45, 2.75) is 19.6 Å². The van der Waals surface area contributed by atoms with Crippen LogP contribution >= 0.6 is 12.2 Å². The Morgan fingerprint density at radius 1 is 0.963 bits per heavy atom. The second-order valence-corrected chi connectivity index (χ2v) is 6.46. The van der Waals surface area contributed by atoms with Crippen LogP contribution in [0, 0.1) is 0 Å². The summed E-state index contributed by atoms with van der Waals surface area (Å²) in [6, 6.07) is 23.6. The second kappa shape index (κ2) is 9.00. The van der Waals surface area contributed by atoms with Crippen molar-refractivity contribution in [3.63, 3.8) is 0 Å². The Kier molecular flexibility index (Phi) is 6.22. The highest BCUT2D eigenvalue weighted by molar-refractivity contribution is 7.80. The van der Waals surface area contributed by atoms with Crippen molar-refractivity contribution in [1.82, 2.24) is 16.2 Å². The first kappa shape index (κ1) is 18.7. The normalized spacial score (nSPS) is 11.4. The summed E-state index contributed by atoms with van der Waals surface area (Å²) >= 11 is 5.16. The number of ether oxygens (including phenoxy) is 1. The summed E-state index contributed by atoms with van der Waals surface area (Å²) in [5.74, 6) is 0.327. The first-order chi connectivity index (χ1) is 13.1. The third-order valence-electron chi connectivity index (χ3n) is 4.00. The number of hydrogen-bond donors (Lipinski definition) is 3. The SMILES string of the molecule is C[C@@H](Oc1ccc2ccccc2c1)C(=O)NNC(=S)NCc1ccccc1. The van der Waals surface area contributed by atoms with Crippen LogP contribution in [0.4, 0.5) is 0 Å². The molecule has 0 radical (unpaired) electrons. The number of fused-ring (bicyclic) bond motifs is 1. The largest absolute Gasteiger partial charge is 0.481 e. The molecule has 6 heteroatoms. The number of benzene rings is 3. The van der Waals surface area contributed by atoms with E-state index in [-0.39, 0.29) is 5.91 Å². The zero-order chi connectivity index (χ0) is 19.1. The minimum atomic E-state index is -0.671. The fourth-order valence-electron chi connectivity index (χ4n) is 2.54. The lowest BCUT2D eigenvalue weighted by atomic mass is 10.1. The molecule has 5 nitrogen and oxygen atoms in total. The third kappa shape index (κ3) is 5.43. The van der Waals surface area contributed by atoms with Crippen molar-refractivity contribution in [2.24, 2.45) is 0 Å². The van der Waals surface area contributed by atoms with Crippen LogP contribution in [0.3, 0.4) is 0 Å². The fourth-order valence-corrected chi connectivity index (χ4v) is 2.66. The molecule has 0 spiro atoms. The van der Waals surface area contributed by atoms with E-state index in [4.69, 9.17) is 17.0 Å². The summed E-state index contributed by atoms with van der Waals surface area (Å²) in [4.78, 5) is 12.2. The molecule has 0 aliphatic heterocycles. The molecule has 0 bridgehead atoms. The molecular formula is C21H21N3O2S. The highest BCUT2D eigenvalue weighted by Gasteiger charge is 2.15. The molecular weight excluding hydrogens is 358 g/mol.